The minimum absolute atomic E-state index is 0.161. The van der Waals surface area contributed by atoms with Crippen LogP contribution >= 0.6 is 0 Å². The molecule has 2 aromatic carbocycles. The minimum atomic E-state index is -0.161. The second-order valence-corrected chi connectivity index (χ2v) is 4.64. The third kappa shape index (κ3) is 2.81. The van der Waals surface area contributed by atoms with Crippen molar-refractivity contribution in [3.05, 3.63) is 66.0 Å². The fourth-order valence-corrected chi connectivity index (χ4v) is 2.08. The Bertz CT molecular complexity index is 801. The van der Waals surface area contributed by atoms with E-state index in [2.05, 4.69) is 15.3 Å². The van der Waals surface area contributed by atoms with Gasteiger partial charge in [-0.2, -0.15) is 0 Å². The molecule has 0 radical (unpaired) electrons. The first-order valence-electron chi connectivity index (χ1n) is 6.56. The van der Waals surface area contributed by atoms with E-state index < -0.39 is 0 Å². The van der Waals surface area contributed by atoms with Crippen LogP contribution in [0.1, 0.15) is 15.9 Å². The van der Waals surface area contributed by atoms with Gasteiger partial charge in [0.2, 0.25) is 0 Å². The number of nitrogens with one attached hydrogen (secondary N) is 1. The van der Waals surface area contributed by atoms with Crippen LogP contribution < -0.4 is 11.1 Å². The van der Waals surface area contributed by atoms with Crippen LogP contribution in [0.15, 0.2) is 54.9 Å². The van der Waals surface area contributed by atoms with E-state index in [-0.39, 0.29) is 5.91 Å². The minimum Gasteiger partial charge on any atom is -0.398 e. The van der Waals surface area contributed by atoms with E-state index in [9.17, 15) is 4.79 Å². The molecule has 0 aliphatic rings. The van der Waals surface area contributed by atoms with Crippen LogP contribution in [-0.2, 0) is 6.54 Å². The van der Waals surface area contributed by atoms with Gasteiger partial charge in [-0.1, -0.05) is 18.2 Å². The molecular weight excluding hydrogens is 264 g/mol. The molecule has 0 aliphatic carbocycles. The van der Waals surface area contributed by atoms with Crippen LogP contribution in [0.4, 0.5) is 5.69 Å². The third-order valence-corrected chi connectivity index (χ3v) is 3.23. The zero-order chi connectivity index (χ0) is 14.7. The predicted molar refractivity (Wildman–Crippen MR) is 81.6 cm³/mol. The Hall–Kier alpha value is -2.95. The first-order chi connectivity index (χ1) is 10.2. The molecule has 0 atom stereocenters. The second-order valence-electron chi connectivity index (χ2n) is 4.64. The summed E-state index contributed by atoms with van der Waals surface area (Å²) in [6.45, 7) is 0.393. The summed E-state index contributed by atoms with van der Waals surface area (Å²) in [5.41, 5.74) is 9.43. The predicted octanol–water partition coefficient (Wildman–Crippen LogP) is 2.14. The summed E-state index contributed by atoms with van der Waals surface area (Å²) in [5.74, 6) is -0.161. The lowest BCUT2D eigenvalue weighted by atomic mass is 10.1. The molecule has 104 valence electrons. The largest absolute Gasteiger partial charge is 0.398 e. The number of fused-ring (bicyclic) bond motifs is 1. The van der Waals surface area contributed by atoms with Crippen LogP contribution in [-0.4, -0.2) is 15.9 Å². The van der Waals surface area contributed by atoms with Crippen LogP contribution in [0.5, 0.6) is 0 Å². The molecule has 21 heavy (non-hydrogen) atoms. The van der Waals surface area contributed by atoms with Crippen molar-refractivity contribution in [3.8, 4) is 0 Å². The molecule has 0 unspecified atom stereocenters. The summed E-state index contributed by atoms with van der Waals surface area (Å²) in [6.07, 6.45) is 3.23. The number of aromatic nitrogens is 2. The lowest BCUT2D eigenvalue weighted by Crippen LogP contribution is -2.23. The number of carbonyl (C=O) groups excluding carboxylic acids is 1. The summed E-state index contributed by atoms with van der Waals surface area (Å²) in [7, 11) is 0. The Kier molecular flexibility index (Phi) is 3.47. The molecule has 0 aliphatic heterocycles. The van der Waals surface area contributed by atoms with E-state index in [1.807, 2.05) is 24.3 Å². The molecule has 0 bridgehead atoms. The van der Waals surface area contributed by atoms with Crippen molar-refractivity contribution < 1.29 is 4.79 Å². The highest BCUT2D eigenvalue weighted by Gasteiger charge is 2.07. The highest BCUT2D eigenvalue weighted by molar-refractivity contribution is 5.97. The van der Waals surface area contributed by atoms with Crippen LogP contribution in [0.25, 0.3) is 11.0 Å². The number of nitrogen functional groups attached to an aromatic ring is 1. The first kappa shape index (κ1) is 13.1. The lowest BCUT2D eigenvalue weighted by molar-refractivity contribution is 0.0951. The van der Waals surface area contributed by atoms with Crippen molar-refractivity contribution in [1.29, 1.82) is 0 Å². The SMILES string of the molecule is Nc1ccccc1CNC(=O)c1ccc2nccnc2c1. The normalized spacial score (nSPS) is 10.5. The summed E-state index contributed by atoms with van der Waals surface area (Å²) in [6, 6.07) is 12.7. The average Bonchev–Trinajstić information content (AvgIpc) is 2.53. The molecule has 1 amide bonds. The molecule has 5 heteroatoms. The first-order valence-corrected chi connectivity index (χ1v) is 6.56. The van der Waals surface area contributed by atoms with Gasteiger partial charge in [0.05, 0.1) is 11.0 Å². The Morgan fingerprint density at radius 2 is 1.81 bits per heavy atom. The summed E-state index contributed by atoms with van der Waals surface area (Å²) in [5, 5.41) is 2.85. The number of carbonyl (C=O) groups is 1. The van der Waals surface area contributed by atoms with Gasteiger partial charge in [-0.15, -0.1) is 0 Å². The van der Waals surface area contributed by atoms with E-state index in [1.165, 1.54) is 0 Å². The van der Waals surface area contributed by atoms with Crippen molar-refractivity contribution in [2.45, 2.75) is 6.54 Å². The molecule has 3 N–H and O–H groups in total. The smallest absolute Gasteiger partial charge is 0.251 e. The maximum atomic E-state index is 12.2. The van der Waals surface area contributed by atoms with Crippen molar-refractivity contribution in [3.63, 3.8) is 0 Å². The maximum Gasteiger partial charge on any atom is 0.251 e. The Balaban J connectivity index is 1.76. The third-order valence-electron chi connectivity index (χ3n) is 3.23. The number of hydrogen-bond acceptors (Lipinski definition) is 4. The topological polar surface area (TPSA) is 80.9 Å². The Morgan fingerprint density at radius 1 is 1.05 bits per heavy atom. The van der Waals surface area contributed by atoms with Crippen LogP contribution in [0.3, 0.4) is 0 Å². The summed E-state index contributed by atoms with van der Waals surface area (Å²) in [4.78, 5) is 20.5. The number of benzene rings is 2. The van der Waals surface area contributed by atoms with Crippen LogP contribution in [0, 0.1) is 0 Å². The summed E-state index contributed by atoms with van der Waals surface area (Å²) < 4.78 is 0. The number of nitrogens with two attached hydrogens (primary N) is 1. The highest BCUT2D eigenvalue weighted by Crippen LogP contribution is 2.12. The van der Waals surface area contributed by atoms with Gasteiger partial charge in [0, 0.05) is 30.2 Å². The van der Waals surface area contributed by atoms with Gasteiger partial charge in [0.25, 0.3) is 5.91 Å². The quantitative estimate of drug-likeness (QED) is 0.719. The molecule has 0 fully saturated rings. The second kappa shape index (κ2) is 5.58. The maximum absolute atomic E-state index is 12.2. The molecule has 3 aromatic rings. The highest BCUT2D eigenvalue weighted by atomic mass is 16.1. The van der Waals surface area contributed by atoms with Gasteiger partial charge in [-0.3, -0.25) is 14.8 Å². The number of anilines is 1. The number of amides is 1. The standard InChI is InChI=1S/C16H14N4O/c17-13-4-2-1-3-12(13)10-20-16(21)11-5-6-14-15(9-11)19-8-7-18-14/h1-9H,10,17H2,(H,20,21). The van der Waals surface area contributed by atoms with Gasteiger partial charge in [0.15, 0.2) is 0 Å². The van der Waals surface area contributed by atoms with Gasteiger partial charge >= 0.3 is 0 Å². The van der Waals surface area contributed by atoms with E-state index in [1.54, 1.807) is 30.6 Å². The average molecular weight is 278 g/mol. The molecule has 3 rings (SSSR count). The van der Waals surface area contributed by atoms with Crippen molar-refractivity contribution in [2.75, 3.05) is 5.73 Å². The zero-order valence-corrected chi connectivity index (χ0v) is 11.3. The fourth-order valence-electron chi connectivity index (χ4n) is 2.08. The molecular formula is C16H14N4O. The van der Waals surface area contributed by atoms with Crippen molar-refractivity contribution in [2.24, 2.45) is 0 Å². The van der Waals surface area contributed by atoms with E-state index >= 15 is 0 Å². The lowest BCUT2D eigenvalue weighted by Gasteiger charge is -2.08. The van der Waals surface area contributed by atoms with Gasteiger partial charge in [0.1, 0.15) is 0 Å². The molecule has 5 nitrogen and oxygen atoms in total. The van der Waals surface area contributed by atoms with E-state index in [0.29, 0.717) is 23.3 Å². The van der Waals surface area contributed by atoms with Crippen molar-refractivity contribution >= 4 is 22.6 Å². The zero-order valence-electron chi connectivity index (χ0n) is 11.3. The Morgan fingerprint density at radius 3 is 2.62 bits per heavy atom. The molecule has 0 spiro atoms. The number of para-hydroxylation sites is 1. The molecule has 0 saturated carbocycles. The van der Waals surface area contributed by atoms with Gasteiger partial charge < -0.3 is 11.1 Å². The number of rotatable bonds is 3. The van der Waals surface area contributed by atoms with Gasteiger partial charge in [-0.05, 0) is 29.8 Å². The monoisotopic (exact) mass is 278 g/mol. The van der Waals surface area contributed by atoms with Crippen molar-refractivity contribution in [1.82, 2.24) is 15.3 Å². The van der Waals surface area contributed by atoms with E-state index in [4.69, 9.17) is 5.73 Å². The Labute approximate surface area is 121 Å². The molecule has 0 saturated heterocycles. The molecule has 1 aromatic heterocycles. The van der Waals surface area contributed by atoms with Gasteiger partial charge in [-0.25, -0.2) is 0 Å². The van der Waals surface area contributed by atoms with Crippen LogP contribution in [0.2, 0.25) is 0 Å². The van der Waals surface area contributed by atoms with E-state index in [0.717, 1.165) is 11.1 Å². The number of hydrogen-bond donors (Lipinski definition) is 2. The molecule has 1 heterocycles. The number of nitrogens with zero attached hydrogens (tertiary/aromatic N) is 2. The summed E-state index contributed by atoms with van der Waals surface area (Å²) >= 11 is 0. The fraction of sp³-hybridized carbons (Fsp3) is 0.0625.